The first-order valence-corrected chi connectivity index (χ1v) is 7.50. The second-order valence-corrected chi connectivity index (χ2v) is 5.31. The number of nitrogens with zero attached hydrogens (tertiary/aromatic N) is 4. The van der Waals surface area contributed by atoms with Crippen molar-refractivity contribution in [3.63, 3.8) is 0 Å². The van der Waals surface area contributed by atoms with E-state index >= 15 is 0 Å². The lowest BCUT2D eigenvalue weighted by molar-refractivity contribution is 0.269. The van der Waals surface area contributed by atoms with Gasteiger partial charge in [0, 0.05) is 11.6 Å². The fourth-order valence-corrected chi connectivity index (χ4v) is 2.77. The third-order valence-corrected chi connectivity index (χ3v) is 3.83. The van der Waals surface area contributed by atoms with E-state index < -0.39 is 0 Å². The second-order valence-electron chi connectivity index (χ2n) is 5.31. The number of H-pyrrole nitrogens is 1. The summed E-state index contributed by atoms with van der Waals surface area (Å²) in [6.07, 6.45) is 5.27. The summed E-state index contributed by atoms with van der Waals surface area (Å²) in [5.74, 6) is 1.42. The van der Waals surface area contributed by atoms with Crippen LogP contribution < -0.4 is 10.1 Å². The molecule has 4 aromatic rings. The Bertz CT molecular complexity index is 1010. The van der Waals surface area contributed by atoms with E-state index in [9.17, 15) is 0 Å². The third-order valence-electron chi connectivity index (χ3n) is 3.83. The van der Waals surface area contributed by atoms with Gasteiger partial charge in [-0.15, -0.1) is 0 Å². The van der Waals surface area contributed by atoms with E-state index in [1.807, 2.05) is 24.4 Å². The van der Waals surface area contributed by atoms with Crippen LogP contribution in [0, 0.1) is 0 Å². The highest BCUT2D eigenvalue weighted by molar-refractivity contribution is 6.11. The van der Waals surface area contributed by atoms with Crippen molar-refractivity contribution < 1.29 is 9.84 Å². The SMILES string of the molecule is COc1cccc2nc(Nc3cnn(CCO)c3)c3[nH]ncc3c12. The molecule has 0 saturated heterocycles. The highest BCUT2D eigenvalue weighted by atomic mass is 16.5. The standard InChI is InChI=1S/C16H16N6O2/c1-24-13-4-2-3-12-14(13)11-8-17-21-15(11)16(20-12)19-10-7-18-22(9-10)5-6-23/h2-4,7-9,23H,5-6H2,1H3,(H,17,21)(H,19,20). The van der Waals surface area contributed by atoms with Gasteiger partial charge in [-0.05, 0) is 12.1 Å². The molecule has 122 valence electrons. The smallest absolute Gasteiger partial charge is 0.157 e. The molecular formula is C16H16N6O2. The highest BCUT2D eigenvalue weighted by Gasteiger charge is 2.14. The molecule has 0 saturated carbocycles. The number of anilines is 2. The summed E-state index contributed by atoms with van der Waals surface area (Å²) in [4.78, 5) is 4.69. The molecule has 0 bridgehead atoms. The average Bonchev–Trinajstić information content (AvgIpc) is 3.24. The molecule has 0 radical (unpaired) electrons. The van der Waals surface area contributed by atoms with Crippen LogP contribution in [-0.4, -0.2) is 43.8 Å². The number of pyridine rings is 1. The molecular weight excluding hydrogens is 308 g/mol. The van der Waals surface area contributed by atoms with E-state index in [0.29, 0.717) is 12.4 Å². The Morgan fingerprint density at radius 2 is 2.25 bits per heavy atom. The minimum Gasteiger partial charge on any atom is -0.496 e. The molecule has 0 unspecified atom stereocenters. The fourth-order valence-electron chi connectivity index (χ4n) is 2.77. The molecule has 4 rings (SSSR count). The van der Waals surface area contributed by atoms with Gasteiger partial charge in [0.1, 0.15) is 11.3 Å². The third kappa shape index (κ3) is 2.33. The maximum atomic E-state index is 8.98. The van der Waals surface area contributed by atoms with Crippen molar-refractivity contribution in [3.05, 3.63) is 36.8 Å². The van der Waals surface area contributed by atoms with Gasteiger partial charge in [0.2, 0.25) is 0 Å². The Morgan fingerprint density at radius 3 is 3.08 bits per heavy atom. The van der Waals surface area contributed by atoms with Gasteiger partial charge in [-0.3, -0.25) is 9.78 Å². The first-order valence-electron chi connectivity index (χ1n) is 7.50. The molecule has 3 aromatic heterocycles. The molecule has 8 heteroatoms. The van der Waals surface area contributed by atoms with Gasteiger partial charge in [0.15, 0.2) is 5.82 Å². The zero-order valence-electron chi connectivity index (χ0n) is 13.0. The van der Waals surface area contributed by atoms with Gasteiger partial charge in [-0.2, -0.15) is 10.2 Å². The molecule has 0 amide bonds. The molecule has 0 fully saturated rings. The van der Waals surface area contributed by atoms with Crippen molar-refractivity contribution >= 4 is 33.3 Å². The van der Waals surface area contributed by atoms with E-state index in [0.717, 1.165) is 33.2 Å². The topological polar surface area (TPSA) is 101 Å². The first kappa shape index (κ1) is 14.5. The highest BCUT2D eigenvalue weighted by Crippen LogP contribution is 2.34. The predicted octanol–water partition coefficient (Wildman–Crippen LogP) is 2.05. The van der Waals surface area contributed by atoms with Crippen LogP contribution in [0.5, 0.6) is 5.75 Å². The van der Waals surface area contributed by atoms with Crippen LogP contribution in [0.25, 0.3) is 21.8 Å². The maximum absolute atomic E-state index is 8.98. The van der Waals surface area contributed by atoms with E-state index in [4.69, 9.17) is 9.84 Å². The van der Waals surface area contributed by atoms with E-state index in [2.05, 4.69) is 25.6 Å². The van der Waals surface area contributed by atoms with Crippen LogP contribution in [-0.2, 0) is 6.54 Å². The Labute approximate surface area is 137 Å². The number of hydrogen-bond acceptors (Lipinski definition) is 6. The molecule has 0 aliphatic carbocycles. The van der Waals surface area contributed by atoms with E-state index in [1.54, 1.807) is 24.2 Å². The van der Waals surface area contributed by atoms with Gasteiger partial charge in [-0.1, -0.05) is 6.07 Å². The van der Waals surface area contributed by atoms with Crippen molar-refractivity contribution in [3.8, 4) is 5.75 Å². The van der Waals surface area contributed by atoms with Gasteiger partial charge < -0.3 is 15.2 Å². The summed E-state index contributed by atoms with van der Waals surface area (Å²) < 4.78 is 7.12. The van der Waals surface area contributed by atoms with Gasteiger partial charge in [-0.25, -0.2) is 4.98 Å². The number of aliphatic hydroxyl groups excluding tert-OH is 1. The number of nitrogens with one attached hydrogen (secondary N) is 2. The minimum atomic E-state index is 0.0416. The summed E-state index contributed by atoms with van der Waals surface area (Å²) in [5, 5.41) is 25.4. The normalized spacial score (nSPS) is 11.2. The largest absolute Gasteiger partial charge is 0.496 e. The Morgan fingerprint density at radius 1 is 1.33 bits per heavy atom. The van der Waals surface area contributed by atoms with Gasteiger partial charge >= 0.3 is 0 Å². The zero-order valence-corrected chi connectivity index (χ0v) is 13.0. The van der Waals surface area contributed by atoms with Gasteiger partial charge in [0.05, 0.1) is 49.2 Å². The van der Waals surface area contributed by atoms with Crippen LogP contribution in [0.1, 0.15) is 0 Å². The summed E-state index contributed by atoms with van der Waals surface area (Å²) in [7, 11) is 1.64. The number of aliphatic hydroxyl groups is 1. The molecule has 3 N–H and O–H groups in total. The molecule has 24 heavy (non-hydrogen) atoms. The first-order chi connectivity index (χ1) is 11.8. The second kappa shape index (κ2) is 5.82. The van der Waals surface area contributed by atoms with Crippen LogP contribution in [0.3, 0.4) is 0 Å². The molecule has 8 nitrogen and oxygen atoms in total. The molecule has 0 aliphatic rings. The van der Waals surface area contributed by atoms with Crippen molar-refractivity contribution in [2.24, 2.45) is 0 Å². The number of hydrogen-bond donors (Lipinski definition) is 3. The lowest BCUT2D eigenvalue weighted by Crippen LogP contribution is -2.01. The average molecular weight is 324 g/mol. The fraction of sp³-hybridized carbons (Fsp3) is 0.188. The van der Waals surface area contributed by atoms with Crippen LogP contribution in [0.15, 0.2) is 36.8 Å². The van der Waals surface area contributed by atoms with Crippen LogP contribution in [0.4, 0.5) is 11.5 Å². The number of benzene rings is 1. The van der Waals surface area contributed by atoms with Crippen LogP contribution >= 0.6 is 0 Å². The Balaban J connectivity index is 1.83. The van der Waals surface area contributed by atoms with Gasteiger partial charge in [0.25, 0.3) is 0 Å². The van der Waals surface area contributed by atoms with Crippen LogP contribution in [0.2, 0.25) is 0 Å². The summed E-state index contributed by atoms with van der Waals surface area (Å²) in [6, 6.07) is 5.75. The lowest BCUT2D eigenvalue weighted by atomic mass is 10.1. The molecule has 3 heterocycles. The zero-order chi connectivity index (χ0) is 16.5. The summed E-state index contributed by atoms with van der Waals surface area (Å²) in [6.45, 7) is 0.490. The quantitative estimate of drug-likeness (QED) is 0.519. The lowest BCUT2D eigenvalue weighted by Gasteiger charge is -2.09. The van der Waals surface area contributed by atoms with Crippen molar-refractivity contribution in [1.82, 2.24) is 25.0 Å². The van der Waals surface area contributed by atoms with E-state index in [-0.39, 0.29) is 6.61 Å². The number of aromatic amines is 1. The Kier molecular flexibility index (Phi) is 3.51. The molecule has 0 atom stereocenters. The van der Waals surface area contributed by atoms with E-state index in [1.165, 1.54) is 0 Å². The Hall–Kier alpha value is -3.13. The summed E-state index contributed by atoms with van der Waals surface area (Å²) in [5.41, 5.74) is 2.39. The van der Waals surface area contributed by atoms with Crippen molar-refractivity contribution in [2.75, 3.05) is 19.0 Å². The predicted molar refractivity (Wildman–Crippen MR) is 90.5 cm³/mol. The minimum absolute atomic E-state index is 0.0416. The molecule has 0 aliphatic heterocycles. The molecule has 0 spiro atoms. The maximum Gasteiger partial charge on any atom is 0.157 e. The number of methoxy groups -OCH3 is 1. The summed E-state index contributed by atoms with van der Waals surface area (Å²) >= 11 is 0. The number of aromatic nitrogens is 5. The monoisotopic (exact) mass is 324 g/mol. The number of rotatable bonds is 5. The van der Waals surface area contributed by atoms with Crippen molar-refractivity contribution in [2.45, 2.75) is 6.54 Å². The number of fused-ring (bicyclic) bond motifs is 3. The number of ether oxygens (including phenoxy) is 1. The van der Waals surface area contributed by atoms with Crippen molar-refractivity contribution in [1.29, 1.82) is 0 Å². The molecule has 1 aromatic carbocycles.